The van der Waals surface area contributed by atoms with Crippen molar-refractivity contribution in [3.8, 4) is 0 Å². The average molecular weight is 244 g/mol. The minimum Gasteiger partial charge on any atom is -0.394 e. The Morgan fingerprint density at radius 1 is 1.38 bits per heavy atom. The van der Waals surface area contributed by atoms with E-state index < -0.39 is 0 Å². The third-order valence-corrected chi connectivity index (χ3v) is 3.30. The number of hydrogen-bond donors (Lipinski definition) is 2. The second-order valence-corrected chi connectivity index (χ2v) is 4.90. The molecule has 0 atom stereocenters. The first kappa shape index (κ1) is 13.6. The number of thiazole rings is 1. The molecule has 0 saturated heterocycles. The Balaban J connectivity index is 2.03. The SMILES string of the molecule is Cc1nc(CNCCCOCCO)sc1C. The van der Waals surface area contributed by atoms with Crippen LogP contribution in [0.15, 0.2) is 0 Å². The fraction of sp³-hybridized carbons (Fsp3) is 0.727. The van der Waals surface area contributed by atoms with Crippen LogP contribution in [0.3, 0.4) is 0 Å². The lowest BCUT2D eigenvalue weighted by Crippen LogP contribution is -2.16. The van der Waals surface area contributed by atoms with Gasteiger partial charge in [0.05, 0.1) is 18.9 Å². The summed E-state index contributed by atoms with van der Waals surface area (Å²) in [7, 11) is 0. The van der Waals surface area contributed by atoms with E-state index in [1.807, 2.05) is 6.92 Å². The maximum Gasteiger partial charge on any atom is 0.107 e. The lowest BCUT2D eigenvalue weighted by Gasteiger charge is -2.03. The second kappa shape index (κ2) is 7.73. The summed E-state index contributed by atoms with van der Waals surface area (Å²) in [4.78, 5) is 5.74. The molecule has 0 spiro atoms. The van der Waals surface area contributed by atoms with Crippen LogP contribution in [0, 0.1) is 13.8 Å². The highest BCUT2D eigenvalue weighted by Crippen LogP contribution is 2.15. The Labute approximate surface area is 101 Å². The molecule has 0 amide bonds. The van der Waals surface area contributed by atoms with E-state index in [1.165, 1.54) is 4.88 Å². The first-order chi connectivity index (χ1) is 7.74. The number of rotatable bonds is 8. The van der Waals surface area contributed by atoms with Crippen LogP contribution in [-0.4, -0.2) is 36.5 Å². The molecule has 5 heteroatoms. The van der Waals surface area contributed by atoms with E-state index in [2.05, 4.69) is 17.2 Å². The summed E-state index contributed by atoms with van der Waals surface area (Å²) in [6.45, 7) is 7.12. The second-order valence-electron chi connectivity index (χ2n) is 3.62. The maximum atomic E-state index is 8.50. The molecule has 4 nitrogen and oxygen atoms in total. The molecule has 1 rings (SSSR count). The van der Waals surface area contributed by atoms with Gasteiger partial charge in [-0.25, -0.2) is 4.98 Å². The highest BCUT2D eigenvalue weighted by Gasteiger charge is 2.02. The molecule has 0 aliphatic heterocycles. The van der Waals surface area contributed by atoms with Gasteiger partial charge in [-0.05, 0) is 26.8 Å². The van der Waals surface area contributed by atoms with Gasteiger partial charge < -0.3 is 15.2 Å². The number of aliphatic hydroxyl groups is 1. The van der Waals surface area contributed by atoms with Crippen molar-refractivity contribution in [2.45, 2.75) is 26.8 Å². The van der Waals surface area contributed by atoms with Crippen molar-refractivity contribution < 1.29 is 9.84 Å². The van der Waals surface area contributed by atoms with Crippen molar-refractivity contribution in [2.24, 2.45) is 0 Å². The smallest absolute Gasteiger partial charge is 0.107 e. The summed E-state index contributed by atoms with van der Waals surface area (Å²) < 4.78 is 5.16. The van der Waals surface area contributed by atoms with Crippen LogP contribution in [0.5, 0.6) is 0 Å². The molecule has 1 aromatic rings. The van der Waals surface area contributed by atoms with Crippen LogP contribution in [0.25, 0.3) is 0 Å². The van der Waals surface area contributed by atoms with Crippen molar-refractivity contribution in [1.82, 2.24) is 10.3 Å². The average Bonchev–Trinajstić information content (AvgIpc) is 2.57. The molecule has 0 aromatic carbocycles. The van der Waals surface area contributed by atoms with Crippen LogP contribution in [-0.2, 0) is 11.3 Å². The fourth-order valence-electron chi connectivity index (χ4n) is 1.28. The normalized spacial score (nSPS) is 10.9. The predicted octanol–water partition coefficient (Wildman–Crippen LogP) is 1.25. The molecule has 1 heterocycles. The molecule has 0 unspecified atom stereocenters. The van der Waals surface area contributed by atoms with Crippen LogP contribution < -0.4 is 5.32 Å². The van der Waals surface area contributed by atoms with Gasteiger partial charge in [0.2, 0.25) is 0 Å². The highest BCUT2D eigenvalue weighted by atomic mass is 32.1. The van der Waals surface area contributed by atoms with E-state index in [0.29, 0.717) is 13.2 Å². The third-order valence-electron chi connectivity index (χ3n) is 2.23. The maximum absolute atomic E-state index is 8.50. The van der Waals surface area contributed by atoms with Gasteiger partial charge in [-0.2, -0.15) is 0 Å². The van der Waals surface area contributed by atoms with Gasteiger partial charge >= 0.3 is 0 Å². The summed E-state index contributed by atoms with van der Waals surface area (Å²) in [5.41, 5.74) is 1.13. The van der Waals surface area contributed by atoms with Crippen molar-refractivity contribution in [3.05, 3.63) is 15.6 Å². The van der Waals surface area contributed by atoms with Crippen LogP contribution in [0.2, 0.25) is 0 Å². The van der Waals surface area contributed by atoms with E-state index >= 15 is 0 Å². The van der Waals surface area contributed by atoms with Crippen molar-refractivity contribution in [2.75, 3.05) is 26.4 Å². The van der Waals surface area contributed by atoms with E-state index in [4.69, 9.17) is 9.84 Å². The molecule has 0 radical (unpaired) electrons. The number of nitrogens with zero attached hydrogens (tertiary/aromatic N) is 1. The number of hydrogen-bond acceptors (Lipinski definition) is 5. The lowest BCUT2D eigenvalue weighted by molar-refractivity contribution is 0.0907. The van der Waals surface area contributed by atoms with Crippen molar-refractivity contribution in [3.63, 3.8) is 0 Å². The van der Waals surface area contributed by atoms with Gasteiger partial charge in [-0.3, -0.25) is 0 Å². The number of aliphatic hydroxyl groups excluding tert-OH is 1. The highest BCUT2D eigenvalue weighted by molar-refractivity contribution is 7.11. The molecule has 2 N–H and O–H groups in total. The summed E-state index contributed by atoms with van der Waals surface area (Å²) >= 11 is 1.75. The summed E-state index contributed by atoms with van der Waals surface area (Å²) in [5.74, 6) is 0. The molecule has 92 valence electrons. The Morgan fingerprint density at radius 2 is 2.19 bits per heavy atom. The zero-order chi connectivity index (χ0) is 11.8. The largest absolute Gasteiger partial charge is 0.394 e. The first-order valence-corrected chi connectivity index (χ1v) is 6.38. The molecule has 0 fully saturated rings. The van der Waals surface area contributed by atoms with Crippen molar-refractivity contribution >= 4 is 11.3 Å². The molecule has 0 aliphatic rings. The van der Waals surface area contributed by atoms with Crippen LogP contribution >= 0.6 is 11.3 Å². The van der Waals surface area contributed by atoms with Crippen LogP contribution in [0.1, 0.15) is 22.0 Å². The monoisotopic (exact) mass is 244 g/mol. The minimum absolute atomic E-state index is 0.102. The minimum atomic E-state index is 0.102. The Hall–Kier alpha value is -0.490. The van der Waals surface area contributed by atoms with Gasteiger partial charge in [0, 0.05) is 18.0 Å². The Bertz CT molecular complexity index is 283. The fourth-order valence-corrected chi connectivity index (χ4v) is 2.18. The van der Waals surface area contributed by atoms with Gasteiger partial charge in [0.15, 0.2) is 0 Å². The quantitative estimate of drug-likeness (QED) is 0.676. The number of nitrogens with one attached hydrogen (secondary N) is 1. The lowest BCUT2D eigenvalue weighted by atomic mass is 10.4. The van der Waals surface area contributed by atoms with Gasteiger partial charge in [0.1, 0.15) is 5.01 Å². The van der Waals surface area contributed by atoms with Crippen molar-refractivity contribution in [1.29, 1.82) is 0 Å². The summed E-state index contributed by atoms with van der Waals surface area (Å²) in [6, 6.07) is 0. The zero-order valence-electron chi connectivity index (χ0n) is 9.95. The van der Waals surface area contributed by atoms with Crippen LogP contribution in [0.4, 0.5) is 0 Å². The molecule has 0 aliphatic carbocycles. The standard InChI is InChI=1S/C11H20N2O2S/c1-9-10(2)16-11(13-9)8-12-4-3-6-15-7-5-14/h12,14H,3-8H2,1-2H3. The zero-order valence-corrected chi connectivity index (χ0v) is 10.8. The van der Waals surface area contributed by atoms with E-state index in [9.17, 15) is 0 Å². The third kappa shape index (κ3) is 5.03. The van der Waals surface area contributed by atoms with E-state index in [0.717, 1.165) is 30.2 Å². The number of aromatic nitrogens is 1. The molecule has 1 aromatic heterocycles. The first-order valence-electron chi connectivity index (χ1n) is 5.56. The summed E-state index contributed by atoms with van der Waals surface area (Å²) in [5, 5.41) is 13.0. The molecular weight excluding hydrogens is 224 g/mol. The number of ether oxygens (including phenoxy) is 1. The molecular formula is C11H20N2O2S. The van der Waals surface area contributed by atoms with E-state index in [-0.39, 0.29) is 6.61 Å². The van der Waals surface area contributed by atoms with E-state index in [1.54, 1.807) is 11.3 Å². The van der Waals surface area contributed by atoms with Gasteiger partial charge in [-0.1, -0.05) is 0 Å². The predicted molar refractivity (Wildman–Crippen MR) is 65.8 cm³/mol. The topological polar surface area (TPSA) is 54.4 Å². The summed E-state index contributed by atoms with van der Waals surface area (Å²) in [6.07, 6.45) is 0.962. The Morgan fingerprint density at radius 3 is 2.81 bits per heavy atom. The number of aryl methyl sites for hydroxylation is 2. The Kier molecular flexibility index (Phi) is 6.56. The molecule has 0 bridgehead atoms. The van der Waals surface area contributed by atoms with Gasteiger partial charge in [-0.15, -0.1) is 11.3 Å². The molecule has 0 saturated carbocycles. The van der Waals surface area contributed by atoms with Gasteiger partial charge in [0.25, 0.3) is 0 Å². The molecule has 16 heavy (non-hydrogen) atoms.